The maximum Gasteiger partial charge on any atom is 0.269 e. The second-order valence-corrected chi connectivity index (χ2v) is 7.05. The number of carbonyl (C=O) groups excluding carboxylic acids is 1. The lowest BCUT2D eigenvalue weighted by molar-refractivity contribution is 0.0932. The second-order valence-electron chi connectivity index (χ2n) is 7.05. The Bertz CT molecular complexity index is 733. The van der Waals surface area contributed by atoms with Crippen LogP contribution in [0.4, 0.5) is 0 Å². The van der Waals surface area contributed by atoms with E-state index in [0.717, 1.165) is 36.5 Å². The third-order valence-electron chi connectivity index (χ3n) is 5.11. The number of rotatable bonds is 7. The number of amides is 1. The fourth-order valence-corrected chi connectivity index (χ4v) is 3.69. The molecule has 5 heteroatoms. The normalized spacial score (nSPS) is 15.0. The van der Waals surface area contributed by atoms with Crippen molar-refractivity contribution in [2.45, 2.75) is 52.0 Å². The number of methoxy groups -OCH3 is 1. The molecule has 1 N–H and O–H groups in total. The van der Waals surface area contributed by atoms with Gasteiger partial charge in [-0.25, -0.2) is 0 Å². The summed E-state index contributed by atoms with van der Waals surface area (Å²) < 4.78 is 7.26. The first-order valence-electron chi connectivity index (χ1n) is 9.72. The molecule has 0 spiro atoms. The summed E-state index contributed by atoms with van der Waals surface area (Å²) >= 11 is 0. The predicted octanol–water partition coefficient (Wildman–Crippen LogP) is 4.28. The standard InChI is InChI=1S/C21H29N3O2/c1-3-13-24-19(21(25)22-15-16-9-5-4-6-10-16)14-18(23-24)17-11-7-8-12-20(17)26-2/h7-8,11-12,14,16H,3-6,9-10,13,15H2,1-2H3,(H,22,25). The van der Waals surface area contributed by atoms with E-state index >= 15 is 0 Å². The molecule has 1 fully saturated rings. The van der Waals surface area contributed by atoms with Crippen LogP contribution >= 0.6 is 0 Å². The Morgan fingerprint density at radius 3 is 2.77 bits per heavy atom. The lowest BCUT2D eigenvalue weighted by atomic mass is 9.89. The predicted molar refractivity (Wildman–Crippen MR) is 103 cm³/mol. The highest BCUT2D eigenvalue weighted by atomic mass is 16.5. The van der Waals surface area contributed by atoms with Crippen molar-refractivity contribution in [1.29, 1.82) is 0 Å². The minimum absolute atomic E-state index is 0.0299. The van der Waals surface area contributed by atoms with Gasteiger partial charge in [-0.3, -0.25) is 9.48 Å². The summed E-state index contributed by atoms with van der Waals surface area (Å²) in [4.78, 5) is 12.8. The Morgan fingerprint density at radius 2 is 2.04 bits per heavy atom. The van der Waals surface area contributed by atoms with E-state index in [2.05, 4.69) is 17.3 Å². The summed E-state index contributed by atoms with van der Waals surface area (Å²) in [5.74, 6) is 1.35. The van der Waals surface area contributed by atoms with Crippen LogP contribution in [0.3, 0.4) is 0 Å². The van der Waals surface area contributed by atoms with E-state index in [1.54, 1.807) is 7.11 Å². The van der Waals surface area contributed by atoms with Gasteiger partial charge in [0.1, 0.15) is 11.4 Å². The average Bonchev–Trinajstić information content (AvgIpc) is 3.11. The Kier molecular flexibility index (Phi) is 6.31. The number of ether oxygens (including phenoxy) is 1. The van der Waals surface area contributed by atoms with Crippen molar-refractivity contribution in [3.8, 4) is 17.0 Å². The number of nitrogens with one attached hydrogen (secondary N) is 1. The molecule has 1 aromatic heterocycles. The summed E-state index contributed by atoms with van der Waals surface area (Å²) in [5.41, 5.74) is 2.31. The molecule has 2 aromatic rings. The van der Waals surface area contributed by atoms with Crippen molar-refractivity contribution >= 4 is 5.91 Å². The average molecular weight is 355 g/mol. The van der Waals surface area contributed by atoms with Crippen molar-refractivity contribution < 1.29 is 9.53 Å². The highest BCUT2D eigenvalue weighted by Gasteiger charge is 2.19. The van der Waals surface area contributed by atoms with Crippen LogP contribution in [-0.2, 0) is 6.54 Å². The van der Waals surface area contributed by atoms with Gasteiger partial charge < -0.3 is 10.1 Å². The number of aryl methyl sites for hydroxylation is 1. The first-order valence-corrected chi connectivity index (χ1v) is 9.72. The van der Waals surface area contributed by atoms with E-state index in [1.807, 2.05) is 35.0 Å². The van der Waals surface area contributed by atoms with Gasteiger partial charge in [0, 0.05) is 18.7 Å². The lowest BCUT2D eigenvalue weighted by Gasteiger charge is -2.21. The van der Waals surface area contributed by atoms with Gasteiger partial charge in [-0.15, -0.1) is 0 Å². The van der Waals surface area contributed by atoms with Crippen molar-refractivity contribution in [3.63, 3.8) is 0 Å². The van der Waals surface area contributed by atoms with Crippen molar-refractivity contribution in [2.75, 3.05) is 13.7 Å². The van der Waals surface area contributed by atoms with Crippen molar-refractivity contribution in [2.24, 2.45) is 5.92 Å². The van der Waals surface area contributed by atoms with Gasteiger partial charge in [-0.2, -0.15) is 5.10 Å². The molecule has 1 saturated carbocycles. The molecule has 1 aliphatic carbocycles. The molecule has 140 valence electrons. The monoisotopic (exact) mass is 355 g/mol. The molecular formula is C21H29N3O2. The molecule has 0 atom stereocenters. The first kappa shape index (κ1) is 18.5. The summed E-state index contributed by atoms with van der Waals surface area (Å²) in [5, 5.41) is 7.80. The van der Waals surface area contributed by atoms with Crippen LogP contribution in [0.2, 0.25) is 0 Å². The minimum Gasteiger partial charge on any atom is -0.496 e. The minimum atomic E-state index is -0.0299. The Labute approximate surface area is 155 Å². The van der Waals surface area contributed by atoms with Crippen LogP contribution < -0.4 is 10.1 Å². The molecule has 0 radical (unpaired) electrons. The van der Waals surface area contributed by atoms with Crippen LogP contribution in [0.1, 0.15) is 55.9 Å². The molecular weight excluding hydrogens is 326 g/mol. The largest absolute Gasteiger partial charge is 0.496 e. The number of hydrogen-bond donors (Lipinski definition) is 1. The third-order valence-corrected chi connectivity index (χ3v) is 5.11. The zero-order chi connectivity index (χ0) is 18.4. The molecule has 3 rings (SSSR count). The zero-order valence-corrected chi connectivity index (χ0v) is 15.8. The summed E-state index contributed by atoms with van der Waals surface area (Å²) in [6.45, 7) is 3.58. The van der Waals surface area contributed by atoms with Crippen molar-refractivity contribution in [1.82, 2.24) is 15.1 Å². The van der Waals surface area contributed by atoms with Crippen LogP contribution in [0.15, 0.2) is 30.3 Å². The third kappa shape index (κ3) is 4.26. The van der Waals surface area contributed by atoms with Crippen molar-refractivity contribution in [3.05, 3.63) is 36.0 Å². The molecule has 26 heavy (non-hydrogen) atoms. The second kappa shape index (κ2) is 8.88. The Balaban J connectivity index is 1.79. The number of nitrogens with zero attached hydrogens (tertiary/aromatic N) is 2. The quantitative estimate of drug-likeness (QED) is 0.806. The van der Waals surface area contributed by atoms with Gasteiger partial charge in [0.15, 0.2) is 0 Å². The number of aromatic nitrogens is 2. The number of benzene rings is 1. The molecule has 1 amide bonds. The first-order chi connectivity index (χ1) is 12.7. The van der Waals surface area contributed by atoms with E-state index in [9.17, 15) is 4.79 Å². The summed E-state index contributed by atoms with van der Waals surface area (Å²) in [6.07, 6.45) is 7.27. The SMILES string of the molecule is CCCn1nc(-c2ccccc2OC)cc1C(=O)NCC1CCCCC1. The smallest absolute Gasteiger partial charge is 0.269 e. The maximum atomic E-state index is 12.8. The van der Waals surface area contributed by atoms with E-state index < -0.39 is 0 Å². The summed E-state index contributed by atoms with van der Waals surface area (Å²) in [7, 11) is 1.65. The van der Waals surface area contributed by atoms with Crippen LogP contribution in [0.25, 0.3) is 11.3 Å². The number of para-hydroxylation sites is 1. The Morgan fingerprint density at radius 1 is 1.27 bits per heavy atom. The molecule has 5 nitrogen and oxygen atoms in total. The molecule has 0 aliphatic heterocycles. The topological polar surface area (TPSA) is 56.2 Å². The Hall–Kier alpha value is -2.30. The van der Waals surface area contributed by atoms with Gasteiger partial charge in [-0.1, -0.05) is 38.3 Å². The van der Waals surface area contributed by atoms with Gasteiger partial charge in [0.05, 0.1) is 12.8 Å². The molecule has 0 bridgehead atoms. The molecule has 1 aliphatic rings. The van der Waals surface area contributed by atoms with Gasteiger partial charge in [0.2, 0.25) is 0 Å². The number of carbonyl (C=O) groups is 1. The lowest BCUT2D eigenvalue weighted by Crippen LogP contribution is -2.31. The van der Waals surface area contributed by atoms with Gasteiger partial charge in [-0.05, 0) is 43.4 Å². The fraction of sp³-hybridized carbons (Fsp3) is 0.524. The molecule has 0 saturated heterocycles. The molecule has 0 unspecified atom stereocenters. The van der Waals surface area contributed by atoms with Crippen LogP contribution in [-0.4, -0.2) is 29.3 Å². The molecule has 1 heterocycles. The number of hydrogen-bond acceptors (Lipinski definition) is 3. The van der Waals surface area contributed by atoms with E-state index in [4.69, 9.17) is 4.74 Å². The fourth-order valence-electron chi connectivity index (χ4n) is 3.69. The van der Waals surface area contributed by atoms with Crippen LogP contribution in [0.5, 0.6) is 5.75 Å². The summed E-state index contributed by atoms with van der Waals surface area (Å²) in [6, 6.07) is 9.66. The highest BCUT2D eigenvalue weighted by molar-refractivity contribution is 5.94. The maximum absolute atomic E-state index is 12.8. The van der Waals surface area contributed by atoms with E-state index in [-0.39, 0.29) is 5.91 Å². The molecule has 1 aromatic carbocycles. The highest BCUT2D eigenvalue weighted by Crippen LogP contribution is 2.29. The van der Waals surface area contributed by atoms with Crippen LogP contribution in [0, 0.1) is 5.92 Å². The van der Waals surface area contributed by atoms with Gasteiger partial charge >= 0.3 is 0 Å². The van der Waals surface area contributed by atoms with E-state index in [1.165, 1.54) is 32.1 Å². The van der Waals surface area contributed by atoms with E-state index in [0.29, 0.717) is 11.6 Å². The zero-order valence-electron chi connectivity index (χ0n) is 15.8. The van der Waals surface area contributed by atoms with Gasteiger partial charge in [0.25, 0.3) is 5.91 Å².